The molecule has 1 atom stereocenters. The number of hydrogen-bond donors (Lipinski definition) is 1. The Morgan fingerprint density at radius 1 is 0.857 bits per heavy atom. The Hall–Kier alpha value is -2.76. The van der Waals surface area contributed by atoms with Gasteiger partial charge in [-0.3, -0.25) is 0 Å². The summed E-state index contributed by atoms with van der Waals surface area (Å²) in [6.07, 6.45) is 0.499. The van der Waals surface area contributed by atoms with Crippen LogP contribution in [0.4, 0.5) is 0 Å². The Kier molecular flexibility index (Phi) is 6.65. The van der Waals surface area contributed by atoms with Gasteiger partial charge in [-0.25, -0.2) is 4.98 Å². The third-order valence-corrected chi connectivity index (χ3v) is 7.27. The third kappa shape index (κ3) is 4.60. The van der Waals surface area contributed by atoms with E-state index in [0.29, 0.717) is 23.6 Å². The fourth-order valence-electron chi connectivity index (χ4n) is 4.75. The summed E-state index contributed by atoms with van der Waals surface area (Å²) in [5.74, 6) is 0. The summed E-state index contributed by atoms with van der Waals surface area (Å²) in [7, 11) is 4.04. The molecule has 1 N–H and O–H groups in total. The summed E-state index contributed by atoms with van der Waals surface area (Å²) in [5.41, 5.74) is 2.89. The van der Waals surface area contributed by atoms with E-state index in [1.54, 1.807) is 0 Å². The van der Waals surface area contributed by atoms with Gasteiger partial charge in [-0.15, -0.1) is 0 Å². The third-order valence-electron chi connectivity index (χ3n) is 6.52. The Labute approximate surface area is 219 Å². The van der Waals surface area contributed by atoms with E-state index in [-0.39, 0.29) is 0 Å². The summed E-state index contributed by atoms with van der Waals surface area (Å²) >= 11 is 10.5. The van der Waals surface area contributed by atoms with Crippen LogP contribution in [0.25, 0.3) is 32.8 Å². The maximum absolute atomic E-state index is 12.6. The zero-order valence-electron chi connectivity index (χ0n) is 19.7. The number of halogens is 2. The number of hydrogen-bond acceptors (Lipinski definition) is 3. The van der Waals surface area contributed by atoms with Gasteiger partial charge in [0.15, 0.2) is 0 Å². The lowest BCUT2D eigenvalue weighted by Gasteiger charge is -2.33. The number of pyridine rings is 1. The van der Waals surface area contributed by atoms with Crippen LogP contribution in [0.15, 0.2) is 95.5 Å². The maximum atomic E-state index is 12.6. The van der Waals surface area contributed by atoms with Gasteiger partial charge in [-0.2, -0.15) is 0 Å². The Bertz CT molecular complexity index is 1510. The van der Waals surface area contributed by atoms with Crippen molar-refractivity contribution in [1.29, 1.82) is 0 Å². The van der Waals surface area contributed by atoms with Crippen molar-refractivity contribution < 1.29 is 5.11 Å². The molecule has 0 aliphatic heterocycles. The first-order valence-corrected chi connectivity index (χ1v) is 12.7. The predicted molar refractivity (Wildman–Crippen MR) is 150 cm³/mol. The summed E-state index contributed by atoms with van der Waals surface area (Å²) in [6, 6.07) is 30.4. The van der Waals surface area contributed by atoms with Crippen molar-refractivity contribution >= 4 is 49.2 Å². The molecule has 1 aromatic heterocycles. The van der Waals surface area contributed by atoms with Gasteiger partial charge in [0.05, 0.1) is 5.52 Å². The molecule has 5 heteroatoms. The molecule has 0 aliphatic rings. The highest BCUT2D eigenvalue weighted by Crippen LogP contribution is 2.42. The molecular weight excluding hydrogens is 520 g/mol. The molecule has 0 saturated carbocycles. The fourth-order valence-corrected chi connectivity index (χ4v) is 5.47. The zero-order chi connectivity index (χ0) is 24.6. The molecule has 0 spiro atoms. The minimum Gasteiger partial charge on any atom is -0.380 e. The van der Waals surface area contributed by atoms with E-state index in [1.807, 2.05) is 80.8 Å². The molecule has 176 valence electrons. The van der Waals surface area contributed by atoms with E-state index in [9.17, 15) is 5.11 Å². The van der Waals surface area contributed by atoms with Crippen LogP contribution in [0.3, 0.4) is 0 Å². The van der Waals surface area contributed by atoms with E-state index < -0.39 is 5.60 Å². The number of aliphatic hydroxyl groups is 1. The molecule has 0 fully saturated rings. The van der Waals surface area contributed by atoms with Crippen LogP contribution < -0.4 is 0 Å². The second-order valence-corrected chi connectivity index (χ2v) is 10.4. The van der Waals surface area contributed by atoms with Crippen LogP contribution in [0.5, 0.6) is 0 Å². The lowest BCUT2D eigenvalue weighted by atomic mass is 9.80. The van der Waals surface area contributed by atoms with Crippen LogP contribution >= 0.6 is 27.5 Å². The molecule has 0 bridgehead atoms. The minimum absolute atomic E-state index is 0.417. The molecule has 3 nitrogen and oxygen atoms in total. The van der Waals surface area contributed by atoms with E-state index in [1.165, 1.54) is 0 Å². The van der Waals surface area contributed by atoms with Crippen molar-refractivity contribution in [3.05, 3.63) is 112 Å². The second kappa shape index (κ2) is 9.71. The van der Waals surface area contributed by atoms with Crippen molar-refractivity contribution in [1.82, 2.24) is 9.88 Å². The molecule has 0 amide bonds. The van der Waals surface area contributed by atoms with E-state index in [0.717, 1.165) is 42.9 Å². The minimum atomic E-state index is -1.28. The first kappa shape index (κ1) is 24.0. The number of rotatable bonds is 6. The van der Waals surface area contributed by atoms with Gasteiger partial charge >= 0.3 is 0 Å². The van der Waals surface area contributed by atoms with Crippen LogP contribution in [-0.4, -0.2) is 35.6 Å². The van der Waals surface area contributed by atoms with Gasteiger partial charge in [-0.05, 0) is 60.6 Å². The second-order valence-electron chi connectivity index (χ2n) is 9.16. The average Bonchev–Trinajstić information content (AvgIpc) is 2.87. The Morgan fingerprint density at radius 2 is 1.57 bits per heavy atom. The number of fused-ring (bicyclic) bond motifs is 2. The molecule has 1 unspecified atom stereocenters. The molecule has 0 radical (unpaired) electrons. The Balaban J connectivity index is 1.79. The van der Waals surface area contributed by atoms with Crippen molar-refractivity contribution in [2.45, 2.75) is 12.0 Å². The maximum Gasteiger partial charge on any atom is 0.137 e. The molecule has 35 heavy (non-hydrogen) atoms. The smallest absolute Gasteiger partial charge is 0.137 e. The molecule has 4 aromatic carbocycles. The van der Waals surface area contributed by atoms with Crippen molar-refractivity contribution in [3.63, 3.8) is 0 Å². The van der Waals surface area contributed by atoms with Crippen LogP contribution in [0.2, 0.25) is 5.15 Å². The van der Waals surface area contributed by atoms with Crippen LogP contribution in [0.1, 0.15) is 17.5 Å². The SMILES string of the molecule is CN(C)CCC(O)(c1cccc2ccccc12)c1cc(Br)cc2cc(-c3ccccc3)c(Cl)nc12. The van der Waals surface area contributed by atoms with Crippen LogP contribution in [0, 0.1) is 0 Å². The highest BCUT2D eigenvalue weighted by molar-refractivity contribution is 9.10. The highest BCUT2D eigenvalue weighted by Gasteiger charge is 2.35. The average molecular weight is 546 g/mol. The van der Waals surface area contributed by atoms with Gasteiger partial charge in [0, 0.05) is 27.5 Å². The molecule has 5 rings (SSSR count). The van der Waals surface area contributed by atoms with Gasteiger partial charge in [0.1, 0.15) is 10.8 Å². The van der Waals surface area contributed by atoms with Crippen LogP contribution in [-0.2, 0) is 5.60 Å². The molecule has 1 heterocycles. The molecule has 5 aromatic rings. The molecule has 0 aliphatic carbocycles. The summed E-state index contributed by atoms with van der Waals surface area (Å²) in [5, 5.41) is 16.0. The lowest BCUT2D eigenvalue weighted by Crippen LogP contribution is -2.32. The van der Waals surface area contributed by atoms with E-state index >= 15 is 0 Å². The quantitative estimate of drug-likeness (QED) is 0.223. The number of benzene rings is 4. The van der Waals surface area contributed by atoms with Gasteiger partial charge in [0.25, 0.3) is 0 Å². The number of aromatic nitrogens is 1. The van der Waals surface area contributed by atoms with E-state index in [4.69, 9.17) is 16.6 Å². The zero-order valence-corrected chi connectivity index (χ0v) is 22.0. The number of nitrogens with zero attached hydrogens (tertiary/aromatic N) is 2. The van der Waals surface area contributed by atoms with Crippen molar-refractivity contribution in [2.75, 3.05) is 20.6 Å². The topological polar surface area (TPSA) is 36.4 Å². The van der Waals surface area contributed by atoms with Gasteiger partial charge in [0.2, 0.25) is 0 Å². The lowest BCUT2D eigenvalue weighted by molar-refractivity contribution is 0.0656. The standard InChI is InChI=1S/C30H26BrClN2O/c1-34(2)16-15-30(35,26-14-8-12-20-11-6-7-13-24(20)26)27-19-23(31)17-22-18-25(29(32)33-28(22)27)21-9-4-3-5-10-21/h3-14,17-19,35H,15-16H2,1-2H3. The Morgan fingerprint density at radius 3 is 2.34 bits per heavy atom. The normalized spacial score (nSPS) is 13.4. The molecular formula is C30H26BrClN2O. The monoisotopic (exact) mass is 544 g/mol. The first-order chi connectivity index (χ1) is 16.9. The molecule has 0 saturated heterocycles. The summed E-state index contributed by atoms with van der Waals surface area (Å²) in [6.45, 7) is 0.698. The fraction of sp³-hybridized carbons (Fsp3) is 0.167. The summed E-state index contributed by atoms with van der Waals surface area (Å²) in [4.78, 5) is 6.95. The van der Waals surface area contributed by atoms with Crippen molar-refractivity contribution in [2.24, 2.45) is 0 Å². The highest BCUT2D eigenvalue weighted by atomic mass is 79.9. The van der Waals surface area contributed by atoms with E-state index in [2.05, 4.69) is 45.1 Å². The van der Waals surface area contributed by atoms with Gasteiger partial charge in [-0.1, -0.05) is 100 Å². The van der Waals surface area contributed by atoms with Gasteiger partial charge < -0.3 is 10.0 Å². The first-order valence-electron chi connectivity index (χ1n) is 11.6. The predicted octanol–water partition coefficient (Wildman–Crippen LogP) is 7.66. The van der Waals surface area contributed by atoms with Crippen molar-refractivity contribution in [3.8, 4) is 11.1 Å². The summed E-state index contributed by atoms with van der Waals surface area (Å²) < 4.78 is 0.881. The largest absolute Gasteiger partial charge is 0.380 e.